The monoisotopic (exact) mass is 390 g/mol. The summed E-state index contributed by atoms with van der Waals surface area (Å²) in [5.74, 6) is 0.682. The van der Waals surface area contributed by atoms with Gasteiger partial charge in [0.1, 0.15) is 5.76 Å². The van der Waals surface area contributed by atoms with Gasteiger partial charge < -0.3 is 20.2 Å². The molecule has 2 aromatic carbocycles. The molecule has 1 heterocycles. The number of carbonyl (C=O) groups is 1. The Morgan fingerprint density at radius 3 is 2.39 bits per heavy atom. The van der Waals surface area contributed by atoms with Crippen molar-refractivity contribution in [3.05, 3.63) is 78.1 Å². The zero-order chi connectivity index (χ0) is 20.1. The summed E-state index contributed by atoms with van der Waals surface area (Å²) in [7, 11) is 0. The number of alkyl halides is 3. The first-order valence-electron chi connectivity index (χ1n) is 8.37. The first kappa shape index (κ1) is 19.5. The van der Waals surface area contributed by atoms with Crippen molar-refractivity contribution in [2.75, 3.05) is 11.9 Å². The molecule has 0 saturated heterocycles. The molecule has 0 aliphatic carbocycles. The predicted molar refractivity (Wildman–Crippen MR) is 97.6 cm³/mol. The van der Waals surface area contributed by atoms with Crippen LogP contribution < -0.4 is 10.6 Å². The van der Waals surface area contributed by atoms with Gasteiger partial charge in [0.2, 0.25) is 0 Å². The van der Waals surface area contributed by atoms with Gasteiger partial charge in [-0.15, -0.1) is 0 Å². The number of halogens is 3. The smallest absolute Gasteiger partial charge is 0.418 e. The van der Waals surface area contributed by atoms with Gasteiger partial charge in [-0.1, -0.05) is 36.4 Å². The third-order valence-electron chi connectivity index (χ3n) is 4.04. The molecule has 146 valence electrons. The lowest BCUT2D eigenvalue weighted by atomic mass is 10.1. The van der Waals surface area contributed by atoms with E-state index in [4.69, 9.17) is 4.42 Å². The van der Waals surface area contributed by atoms with Gasteiger partial charge in [0.05, 0.1) is 23.6 Å². The van der Waals surface area contributed by atoms with Crippen LogP contribution in [-0.4, -0.2) is 17.7 Å². The maximum atomic E-state index is 13.0. The SMILES string of the molecule is O=C(NC[C@@H](O)c1ccc(-c2ccco2)cc1)Nc1ccccc1C(F)(F)F. The summed E-state index contributed by atoms with van der Waals surface area (Å²) in [4.78, 5) is 11.9. The molecular weight excluding hydrogens is 373 g/mol. The maximum Gasteiger partial charge on any atom is 0.418 e. The fraction of sp³-hybridized carbons (Fsp3) is 0.150. The quantitative estimate of drug-likeness (QED) is 0.585. The highest BCUT2D eigenvalue weighted by molar-refractivity contribution is 5.90. The van der Waals surface area contributed by atoms with E-state index in [0.29, 0.717) is 11.3 Å². The largest absolute Gasteiger partial charge is 0.464 e. The minimum atomic E-state index is -4.58. The van der Waals surface area contributed by atoms with Crippen molar-refractivity contribution in [3.8, 4) is 11.3 Å². The molecule has 0 aliphatic heterocycles. The Balaban J connectivity index is 1.58. The van der Waals surface area contributed by atoms with Crippen molar-refractivity contribution in [2.24, 2.45) is 0 Å². The van der Waals surface area contributed by atoms with Gasteiger partial charge >= 0.3 is 12.2 Å². The van der Waals surface area contributed by atoms with Gasteiger partial charge in [0.25, 0.3) is 0 Å². The molecule has 8 heteroatoms. The number of urea groups is 1. The predicted octanol–water partition coefficient (Wildman–Crippen LogP) is 4.82. The topological polar surface area (TPSA) is 74.5 Å². The zero-order valence-corrected chi connectivity index (χ0v) is 14.5. The summed E-state index contributed by atoms with van der Waals surface area (Å²) in [6.45, 7) is -0.167. The number of para-hydroxylation sites is 1. The molecular formula is C20H17F3N2O3. The third-order valence-corrected chi connectivity index (χ3v) is 4.04. The van der Waals surface area contributed by atoms with Gasteiger partial charge in [-0.25, -0.2) is 4.79 Å². The molecule has 0 aliphatic rings. The number of aliphatic hydroxyl groups is 1. The summed E-state index contributed by atoms with van der Waals surface area (Å²) >= 11 is 0. The average Bonchev–Trinajstić information content (AvgIpc) is 3.20. The van der Waals surface area contributed by atoms with Crippen LogP contribution in [-0.2, 0) is 6.18 Å². The number of amides is 2. The summed E-state index contributed by atoms with van der Waals surface area (Å²) in [6.07, 6.45) is -4.05. The molecule has 0 bridgehead atoms. The molecule has 5 nitrogen and oxygen atoms in total. The fourth-order valence-electron chi connectivity index (χ4n) is 2.63. The van der Waals surface area contributed by atoms with E-state index in [1.807, 2.05) is 0 Å². The van der Waals surface area contributed by atoms with Crippen molar-refractivity contribution >= 4 is 11.7 Å². The van der Waals surface area contributed by atoms with Gasteiger partial charge in [-0.3, -0.25) is 0 Å². The van der Waals surface area contributed by atoms with E-state index < -0.39 is 23.9 Å². The second-order valence-corrected chi connectivity index (χ2v) is 5.99. The number of benzene rings is 2. The van der Waals surface area contributed by atoms with E-state index in [2.05, 4.69) is 10.6 Å². The third kappa shape index (κ3) is 4.72. The lowest BCUT2D eigenvalue weighted by Gasteiger charge is -2.16. The number of anilines is 1. The van der Waals surface area contributed by atoms with Crippen LogP contribution in [0.3, 0.4) is 0 Å². The Morgan fingerprint density at radius 1 is 1.04 bits per heavy atom. The van der Waals surface area contributed by atoms with Crippen molar-refractivity contribution in [2.45, 2.75) is 12.3 Å². The molecule has 3 N–H and O–H groups in total. The van der Waals surface area contributed by atoms with Crippen molar-refractivity contribution in [3.63, 3.8) is 0 Å². The fourth-order valence-corrected chi connectivity index (χ4v) is 2.63. The molecule has 28 heavy (non-hydrogen) atoms. The average molecular weight is 390 g/mol. The lowest BCUT2D eigenvalue weighted by molar-refractivity contribution is -0.136. The Kier molecular flexibility index (Phi) is 5.70. The molecule has 3 aromatic rings. The van der Waals surface area contributed by atoms with Gasteiger partial charge in [-0.2, -0.15) is 13.2 Å². The Hall–Kier alpha value is -3.26. The molecule has 2 amide bonds. The molecule has 0 radical (unpaired) electrons. The zero-order valence-electron chi connectivity index (χ0n) is 14.5. The second kappa shape index (κ2) is 8.18. The first-order valence-corrected chi connectivity index (χ1v) is 8.37. The van der Waals surface area contributed by atoms with Crippen LogP contribution in [0.15, 0.2) is 71.3 Å². The van der Waals surface area contributed by atoms with E-state index in [1.165, 1.54) is 12.1 Å². The number of rotatable bonds is 5. The van der Waals surface area contributed by atoms with E-state index in [9.17, 15) is 23.1 Å². The molecule has 1 atom stereocenters. The van der Waals surface area contributed by atoms with Gasteiger partial charge in [0, 0.05) is 12.1 Å². The molecule has 3 rings (SSSR count). The molecule has 0 unspecified atom stereocenters. The van der Waals surface area contributed by atoms with E-state index in [0.717, 1.165) is 17.7 Å². The van der Waals surface area contributed by atoms with Crippen LogP contribution in [0.4, 0.5) is 23.7 Å². The highest BCUT2D eigenvalue weighted by Crippen LogP contribution is 2.34. The van der Waals surface area contributed by atoms with E-state index in [-0.39, 0.29) is 12.2 Å². The van der Waals surface area contributed by atoms with Crippen LogP contribution in [0.1, 0.15) is 17.2 Å². The number of aliphatic hydroxyl groups excluding tert-OH is 1. The van der Waals surface area contributed by atoms with E-state index in [1.54, 1.807) is 42.7 Å². The van der Waals surface area contributed by atoms with Crippen LogP contribution in [0, 0.1) is 0 Å². The normalized spacial score (nSPS) is 12.4. The number of carbonyl (C=O) groups excluding carboxylic acids is 1. The minimum Gasteiger partial charge on any atom is -0.464 e. The van der Waals surface area contributed by atoms with Crippen molar-refractivity contribution in [1.29, 1.82) is 0 Å². The van der Waals surface area contributed by atoms with Gasteiger partial charge in [-0.05, 0) is 29.8 Å². The van der Waals surface area contributed by atoms with Crippen LogP contribution in [0.25, 0.3) is 11.3 Å². The molecule has 1 aromatic heterocycles. The van der Waals surface area contributed by atoms with Crippen LogP contribution in [0.5, 0.6) is 0 Å². The summed E-state index contributed by atoms with van der Waals surface area (Å²) in [5, 5.41) is 14.7. The molecule has 0 spiro atoms. The molecule has 0 fully saturated rings. The van der Waals surface area contributed by atoms with Crippen molar-refractivity contribution < 1.29 is 27.5 Å². The number of nitrogens with one attached hydrogen (secondary N) is 2. The van der Waals surface area contributed by atoms with Crippen molar-refractivity contribution in [1.82, 2.24) is 5.32 Å². The Morgan fingerprint density at radius 2 is 1.75 bits per heavy atom. The first-order chi connectivity index (χ1) is 13.3. The lowest BCUT2D eigenvalue weighted by Crippen LogP contribution is -2.33. The summed E-state index contributed by atoms with van der Waals surface area (Å²) in [6, 6.07) is 14.3. The standard InChI is InChI=1S/C20H17F3N2O3/c21-20(22,23)15-4-1-2-5-16(15)25-19(27)24-12-17(26)13-7-9-14(10-8-13)18-6-3-11-28-18/h1-11,17,26H,12H2,(H2,24,25,27)/t17-/m1/s1. The van der Waals surface area contributed by atoms with E-state index >= 15 is 0 Å². The number of hydrogen-bond donors (Lipinski definition) is 3. The maximum absolute atomic E-state index is 13.0. The van der Waals surface area contributed by atoms with Gasteiger partial charge in [0.15, 0.2) is 0 Å². The Labute approximate surface area is 158 Å². The minimum absolute atomic E-state index is 0.167. The summed E-state index contributed by atoms with van der Waals surface area (Å²) in [5.41, 5.74) is 0.0747. The number of hydrogen-bond acceptors (Lipinski definition) is 3. The van der Waals surface area contributed by atoms with Crippen LogP contribution in [0.2, 0.25) is 0 Å². The number of furan rings is 1. The highest BCUT2D eigenvalue weighted by Gasteiger charge is 2.33. The Bertz CT molecular complexity index is 923. The molecule has 0 saturated carbocycles. The van der Waals surface area contributed by atoms with Crippen LogP contribution >= 0.6 is 0 Å². The summed E-state index contributed by atoms with van der Waals surface area (Å²) < 4.78 is 44.1. The highest BCUT2D eigenvalue weighted by atomic mass is 19.4. The second-order valence-electron chi connectivity index (χ2n) is 5.99.